The summed E-state index contributed by atoms with van der Waals surface area (Å²) in [6, 6.07) is -0.642. The molecule has 0 amide bonds. The number of carboxylic acids is 1. The Morgan fingerprint density at radius 1 is 1.33 bits per heavy atom. The van der Waals surface area contributed by atoms with Gasteiger partial charge in [0.2, 0.25) is 0 Å². The molecule has 0 aliphatic carbocycles. The van der Waals surface area contributed by atoms with Crippen LogP contribution in [0.3, 0.4) is 0 Å². The minimum Gasteiger partial charge on any atom is -0.480 e. The van der Waals surface area contributed by atoms with Crippen molar-refractivity contribution in [3.05, 3.63) is 0 Å². The maximum absolute atomic E-state index is 11.0. The van der Waals surface area contributed by atoms with Crippen molar-refractivity contribution < 1.29 is 23.2 Å². The number of hydrogen-bond donors (Lipinski definition) is 2. The summed E-state index contributed by atoms with van der Waals surface area (Å²) in [4.78, 5) is 11.0. The van der Waals surface area contributed by atoms with Gasteiger partial charge in [-0.05, 0) is 13.0 Å². The smallest absolute Gasteiger partial charge is 0.480 e. The fourth-order valence-corrected chi connectivity index (χ4v) is 4.62. The van der Waals surface area contributed by atoms with Gasteiger partial charge in [-0.3, -0.25) is 4.79 Å². The third-order valence-corrected chi connectivity index (χ3v) is 6.03. The molecule has 0 spiro atoms. The van der Waals surface area contributed by atoms with Crippen molar-refractivity contribution in [1.29, 1.82) is 0 Å². The SMILES string of the molecule is CO[Si](OC)(OC)C1CCN[C@@H]1C(=O)O. The van der Waals surface area contributed by atoms with E-state index in [1.54, 1.807) is 0 Å². The summed E-state index contributed by atoms with van der Waals surface area (Å²) in [6.45, 7) is 0.645. The van der Waals surface area contributed by atoms with E-state index < -0.39 is 20.8 Å². The fraction of sp³-hybridized carbons (Fsp3) is 0.875. The number of carboxylic acid groups (broad SMARTS) is 1. The summed E-state index contributed by atoms with van der Waals surface area (Å²) in [6.07, 6.45) is 0.693. The first-order valence-corrected chi connectivity index (χ1v) is 6.53. The van der Waals surface area contributed by atoms with Gasteiger partial charge in [0.05, 0.1) is 5.54 Å². The zero-order valence-electron chi connectivity index (χ0n) is 9.15. The van der Waals surface area contributed by atoms with Crippen LogP contribution >= 0.6 is 0 Å². The maximum Gasteiger partial charge on any atom is 0.505 e. The zero-order chi connectivity index (χ0) is 11.5. The van der Waals surface area contributed by atoms with Crippen LogP contribution in [0.5, 0.6) is 0 Å². The highest BCUT2D eigenvalue weighted by atomic mass is 28.4. The molecular weight excluding hydrogens is 218 g/mol. The Bertz CT molecular complexity index is 225. The van der Waals surface area contributed by atoms with Crippen molar-refractivity contribution in [1.82, 2.24) is 5.32 Å². The maximum atomic E-state index is 11.0. The number of rotatable bonds is 5. The molecule has 1 heterocycles. The standard InChI is InChI=1S/C8H17NO5Si/c1-12-15(13-2,14-3)6-4-5-9-7(6)8(10)11/h6-7,9H,4-5H2,1-3H3,(H,10,11)/t6?,7-/m0/s1. The second kappa shape index (κ2) is 5.04. The van der Waals surface area contributed by atoms with Gasteiger partial charge in [-0.15, -0.1) is 0 Å². The minimum atomic E-state index is -2.85. The highest BCUT2D eigenvalue weighted by molar-refractivity contribution is 6.63. The molecule has 0 aromatic carbocycles. The van der Waals surface area contributed by atoms with E-state index in [0.29, 0.717) is 13.0 Å². The van der Waals surface area contributed by atoms with E-state index in [4.69, 9.17) is 18.4 Å². The van der Waals surface area contributed by atoms with Crippen LogP contribution in [-0.4, -0.2) is 53.8 Å². The number of aliphatic carboxylic acids is 1. The number of hydrogen-bond acceptors (Lipinski definition) is 5. The van der Waals surface area contributed by atoms with E-state index in [1.807, 2.05) is 0 Å². The third-order valence-electron chi connectivity index (χ3n) is 2.80. The van der Waals surface area contributed by atoms with Crippen LogP contribution in [0.4, 0.5) is 0 Å². The van der Waals surface area contributed by atoms with Crippen molar-refractivity contribution in [2.24, 2.45) is 0 Å². The van der Waals surface area contributed by atoms with Gasteiger partial charge in [-0.1, -0.05) is 0 Å². The molecule has 1 fully saturated rings. The average Bonchev–Trinajstić information content (AvgIpc) is 2.71. The van der Waals surface area contributed by atoms with Crippen LogP contribution < -0.4 is 5.32 Å². The second-order valence-corrected chi connectivity index (χ2v) is 6.55. The molecule has 15 heavy (non-hydrogen) atoms. The summed E-state index contributed by atoms with van der Waals surface area (Å²) in [5.74, 6) is -0.888. The molecule has 0 radical (unpaired) electrons. The van der Waals surface area contributed by atoms with Crippen LogP contribution in [0.2, 0.25) is 5.54 Å². The van der Waals surface area contributed by atoms with Gasteiger partial charge >= 0.3 is 14.8 Å². The lowest BCUT2D eigenvalue weighted by Crippen LogP contribution is -2.53. The molecule has 0 aromatic heterocycles. The Balaban J connectivity index is 2.87. The minimum absolute atomic E-state index is 0.227. The molecule has 2 atom stereocenters. The average molecular weight is 235 g/mol. The topological polar surface area (TPSA) is 77.0 Å². The monoisotopic (exact) mass is 235 g/mol. The van der Waals surface area contributed by atoms with Gasteiger partial charge < -0.3 is 23.7 Å². The Kier molecular flexibility index (Phi) is 4.23. The lowest BCUT2D eigenvalue weighted by molar-refractivity contribution is -0.139. The van der Waals surface area contributed by atoms with Crippen LogP contribution in [0, 0.1) is 0 Å². The van der Waals surface area contributed by atoms with E-state index in [2.05, 4.69) is 5.32 Å². The predicted octanol–water partition coefficient (Wildman–Crippen LogP) is -0.319. The van der Waals surface area contributed by atoms with Gasteiger partial charge in [0.25, 0.3) is 0 Å². The Hall–Kier alpha value is -0.473. The Labute approximate surface area is 89.9 Å². The van der Waals surface area contributed by atoms with Gasteiger partial charge in [0.15, 0.2) is 0 Å². The van der Waals surface area contributed by atoms with Gasteiger partial charge in [0, 0.05) is 21.3 Å². The molecule has 1 aliphatic heterocycles. The molecular formula is C8H17NO5Si. The predicted molar refractivity (Wildman–Crippen MR) is 54.6 cm³/mol. The normalized spacial score (nSPS) is 26.9. The molecule has 88 valence electrons. The van der Waals surface area contributed by atoms with Crippen LogP contribution in [0.1, 0.15) is 6.42 Å². The van der Waals surface area contributed by atoms with Crippen molar-refractivity contribution in [2.45, 2.75) is 18.0 Å². The third kappa shape index (κ3) is 2.21. The van der Waals surface area contributed by atoms with Gasteiger partial charge in [-0.2, -0.15) is 0 Å². The second-order valence-electron chi connectivity index (χ2n) is 3.38. The van der Waals surface area contributed by atoms with Gasteiger partial charge in [-0.25, -0.2) is 0 Å². The summed E-state index contributed by atoms with van der Waals surface area (Å²) in [5, 5.41) is 11.9. The van der Waals surface area contributed by atoms with Crippen molar-refractivity contribution in [3.8, 4) is 0 Å². The quantitative estimate of drug-likeness (QED) is 0.636. The summed E-state index contributed by atoms with van der Waals surface area (Å²) in [5.41, 5.74) is -0.227. The van der Waals surface area contributed by atoms with E-state index in [-0.39, 0.29) is 5.54 Å². The number of nitrogens with one attached hydrogen (secondary N) is 1. The molecule has 0 saturated carbocycles. The fourth-order valence-electron chi connectivity index (χ4n) is 2.05. The first-order chi connectivity index (χ1) is 7.11. The van der Waals surface area contributed by atoms with E-state index >= 15 is 0 Å². The van der Waals surface area contributed by atoms with Crippen molar-refractivity contribution in [2.75, 3.05) is 27.9 Å². The molecule has 2 N–H and O–H groups in total. The van der Waals surface area contributed by atoms with E-state index in [0.717, 1.165) is 0 Å². The highest BCUT2D eigenvalue weighted by Crippen LogP contribution is 2.34. The molecule has 1 unspecified atom stereocenters. The van der Waals surface area contributed by atoms with E-state index in [9.17, 15) is 4.79 Å². The summed E-state index contributed by atoms with van der Waals surface area (Å²) >= 11 is 0. The lowest BCUT2D eigenvalue weighted by atomic mass is 10.2. The number of carbonyl (C=O) groups is 1. The van der Waals surface area contributed by atoms with Crippen LogP contribution in [-0.2, 0) is 18.1 Å². The van der Waals surface area contributed by atoms with Crippen LogP contribution in [0.15, 0.2) is 0 Å². The Morgan fingerprint density at radius 3 is 2.27 bits per heavy atom. The molecule has 0 aromatic rings. The van der Waals surface area contributed by atoms with Crippen LogP contribution in [0.25, 0.3) is 0 Å². The van der Waals surface area contributed by atoms with Gasteiger partial charge in [0.1, 0.15) is 6.04 Å². The largest absolute Gasteiger partial charge is 0.505 e. The Morgan fingerprint density at radius 2 is 1.87 bits per heavy atom. The molecule has 0 bridgehead atoms. The summed E-state index contributed by atoms with van der Waals surface area (Å²) in [7, 11) is 1.64. The molecule has 1 aliphatic rings. The molecule has 6 nitrogen and oxygen atoms in total. The summed E-state index contributed by atoms with van der Waals surface area (Å²) < 4.78 is 15.9. The molecule has 1 rings (SSSR count). The molecule has 7 heteroatoms. The van der Waals surface area contributed by atoms with E-state index in [1.165, 1.54) is 21.3 Å². The first-order valence-electron chi connectivity index (χ1n) is 4.73. The zero-order valence-corrected chi connectivity index (χ0v) is 10.1. The highest BCUT2D eigenvalue weighted by Gasteiger charge is 2.54. The van der Waals surface area contributed by atoms with Crippen molar-refractivity contribution in [3.63, 3.8) is 0 Å². The van der Waals surface area contributed by atoms with Crippen molar-refractivity contribution >= 4 is 14.8 Å². The lowest BCUT2D eigenvalue weighted by Gasteiger charge is -2.31. The molecule has 1 saturated heterocycles. The first kappa shape index (κ1) is 12.6.